The van der Waals surface area contributed by atoms with Crippen LogP contribution in [0.3, 0.4) is 0 Å². The second-order valence-corrected chi connectivity index (χ2v) is 9.45. The molecule has 0 saturated carbocycles. The number of fused-ring (bicyclic) bond motifs is 1. The second-order valence-electron chi connectivity index (χ2n) is 9.45. The Labute approximate surface area is 207 Å². The van der Waals surface area contributed by atoms with Gasteiger partial charge in [0.05, 0.1) is 6.67 Å². The minimum absolute atomic E-state index is 0.213. The number of nitrogens with one attached hydrogen (secondary N) is 1. The van der Waals surface area contributed by atoms with E-state index in [0.717, 1.165) is 48.6 Å². The molecular formula is C31H33FN2O. The maximum Gasteiger partial charge on any atom is 0.119 e. The van der Waals surface area contributed by atoms with E-state index in [1.807, 2.05) is 0 Å². The molecule has 0 unspecified atom stereocenters. The number of aromatic nitrogens is 1. The van der Waals surface area contributed by atoms with Crippen molar-refractivity contribution in [2.75, 3.05) is 32.9 Å². The van der Waals surface area contributed by atoms with Crippen molar-refractivity contribution in [2.45, 2.75) is 20.3 Å². The minimum Gasteiger partial charge on any atom is -0.492 e. The molecule has 1 saturated heterocycles. The number of nitrogens with zero attached hydrogens (tertiary/aromatic N) is 1. The van der Waals surface area contributed by atoms with Gasteiger partial charge in [0.2, 0.25) is 0 Å². The van der Waals surface area contributed by atoms with Gasteiger partial charge in [-0.3, -0.25) is 9.29 Å². The van der Waals surface area contributed by atoms with E-state index in [0.29, 0.717) is 6.61 Å². The van der Waals surface area contributed by atoms with Crippen LogP contribution in [0.1, 0.15) is 35.7 Å². The molecule has 0 aliphatic carbocycles. The number of aryl methyl sites for hydroxylation is 1. The number of allylic oxidation sites excluding steroid dienone is 1. The van der Waals surface area contributed by atoms with Gasteiger partial charge in [-0.1, -0.05) is 61.5 Å². The Morgan fingerprint density at radius 3 is 2.46 bits per heavy atom. The summed E-state index contributed by atoms with van der Waals surface area (Å²) < 4.78 is 18.6. The molecule has 0 radical (unpaired) electrons. The van der Waals surface area contributed by atoms with Gasteiger partial charge in [0.25, 0.3) is 0 Å². The van der Waals surface area contributed by atoms with E-state index in [-0.39, 0.29) is 12.6 Å². The minimum atomic E-state index is -0.215. The standard InChI is InChI=1S/C31H33FN2O/c1-3-27(28-10-6-4-8-22(28)2)31(30-18-25-9-5-7-11-29(25)33-30)24-12-14-26(15-13-24)35-17-16-34-20-23(19-32)21-34/h4-15,18,23,33H,3,16-17,19-21H2,1-2H3/b31-27+. The molecule has 1 aromatic heterocycles. The molecule has 4 heteroatoms. The maximum atomic E-state index is 12.6. The first kappa shape index (κ1) is 23.4. The summed E-state index contributed by atoms with van der Waals surface area (Å²) in [5, 5.41) is 1.21. The van der Waals surface area contributed by atoms with Gasteiger partial charge in [-0.05, 0) is 59.9 Å². The van der Waals surface area contributed by atoms with Crippen LogP contribution >= 0.6 is 0 Å². The summed E-state index contributed by atoms with van der Waals surface area (Å²) in [6, 6.07) is 27.7. The fraction of sp³-hybridized carbons (Fsp3) is 0.290. The molecule has 3 nitrogen and oxygen atoms in total. The number of benzene rings is 3. The summed E-state index contributed by atoms with van der Waals surface area (Å²) >= 11 is 0. The molecule has 1 fully saturated rings. The molecular weight excluding hydrogens is 435 g/mol. The Morgan fingerprint density at radius 1 is 1.00 bits per heavy atom. The van der Waals surface area contributed by atoms with Crippen molar-refractivity contribution >= 4 is 22.0 Å². The van der Waals surface area contributed by atoms with Crippen LogP contribution in [0.2, 0.25) is 0 Å². The van der Waals surface area contributed by atoms with Crippen LogP contribution in [0, 0.1) is 12.8 Å². The van der Waals surface area contributed by atoms with E-state index in [4.69, 9.17) is 4.74 Å². The number of alkyl halides is 1. The van der Waals surface area contributed by atoms with E-state index in [1.54, 1.807) is 0 Å². The largest absolute Gasteiger partial charge is 0.492 e. The fourth-order valence-electron chi connectivity index (χ4n) is 5.08. The summed E-state index contributed by atoms with van der Waals surface area (Å²) in [4.78, 5) is 5.90. The summed E-state index contributed by atoms with van der Waals surface area (Å²) in [6.45, 7) is 7.33. The Morgan fingerprint density at radius 2 is 1.74 bits per heavy atom. The highest BCUT2D eigenvalue weighted by Crippen LogP contribution is 2.37. The molecule has 180 valence electrons. The number of hydrogen-bond donors (Lipinski definition) is 1. The van der Waals surface area contributed by atoms with Gasteiger partial charge in [-0.2, -0.15) is 0 Å². The predicted octanol–water partition coefficient (Wildman–Crippen LogP) is 7.13. The van der Waals surface area contributed by atoms with Crippen LogP contribution in [0.4, 0.5) is 4.39 Å². The zero-order valence-electron chi connectivity index (χ0n) is 20.6. The molecule has 3 aromatic carbocycles. The number of halogens is 1. The first-order chi connectivity index (χ1) is 17.2. The Hall–Kier alpha value is -3.37. The van der Waals surface area contributed by atoms with E-state index < -0.39 is 0 Å². The van der Waals surface area contributed by atoms with E-state index in [2.05, 4.69) is 103 Å². The molecule has 1 N–H and O–H groups in total. The van der Waals surface area contributed by atoms with Crippen LogP contribution in [0.5, 0.6) is 5.75 Å². The quantitative estimate of drug-likeness (QED) is 0.265. The number of likely N-dealkylation sites (tertiary alicyclic amines) is 1. The van der Waals surface area contributed by atoms with Crippen molar-refractivity contribution in [2.24, 2.45) is 5.92 Å². The predicted molar refractivity (Wildman–Crippen MR) is 144 cm³/mol. The van der Waals surface area contributed by atoms with Gasteiger partial charge >= 0.3 is 0 Å². The first-order valence-electron chi connectivity index (χ1n) is 12.5. The normalized spacial score (nSPS) is 15.2. The number of para-hydroxylation sites is 1. The lowest BCUT2D eigenvalue weighted by atomic mass is 9.89. The number of rotatable bonds is 9. The lowest BCUT2D eigenvalue weighted by molar-refractivity contribution is 0.0668. The molecule has 0 bridgehead atoms. The molecule has 1 aliphatic heterocycles. The topological polar surface area (TPSA) is 28.3 Å². The molecule has 0 spiro atoms. The van der Waals surface area contributed by atoms with Crippen LogP contribution in [-0.4, -0.2) is 42.8 Å². The molecule has 4 aromatic rings. The Kier molecular flexibility index (Phi) is 7.01. The number of aromatic amines is 1. The van der Waals surface area contributed by atoms with Crippen LogP contribution in [0.25, 0.3) is 22.0 Å². The van der Waals surface area contributed by atoms with Crippen molar-refractivity contribution in [3.05, 3.63) is 101 Å². The highest BCUT2D eigenvalue weighted by atomic mass is 19.1. The summed E-state index contributed by atoms with van der Waals surface area (Å²) in [7, 11) is 0. The third-order valence-corrected chi connectivity index (χ3v) is 7.00. The number of ether oxygens (including phenoxy) is 1. The maximum absolute atomic E-state index is 12.6. The Bertz CT molecular complexity index is 1280. The van der Waals surface area contributed by atoms with Gasteiger partial charge < -0.3 is 9.72 Å². The molecule has 35 heavy (non-hydrogen) atoms. The van der Waals surface area contributed by atoms with Crippen LogP contribution in [0.15, 0.2) is 78.9 Å². The van der Waals surface area contributed by atoms with Crippen molar-refractivity contribution in [1.29, 1.82) is 0 Å². The highest BCUT2D eigenvalue weighted by molar-refractivity contribution is 6.00. The average molecular weight is 469 g/mol. The van der Waals surface area contributed by atoms with Crippen molar-refractivity contribution in [3.63, 3.8) is 0 Å². The molecule has 1 aliphatic rings. The van der Waals surface area contributed by atoms with Gasteiger partial charge in [-0.25, -0.2) is 0 Å². The van der Waals surface area contributed by atoms with Gasteiger partial charge in [-0.15, -0.1) is 0 Å². The molecule has 2 heterocycles. The first-order valence-corrected chi connectivity index (χ1v) is 12.5. The Balaban J connectivity index is 1.46. The van der Waals surface area contributed by atoms with Crippen molar-refractivity contribution in [1.82, 2.24) is 9.88 Å². The smallest absolute Gasteiger partial charge is 0.119 e. The summed E-state index contributed by atoms with van der Waals surface area (Å²) in [5.74, 6) is 1.08. The lowest BCUT2D eigenvalue weighted by Crippen LogP contribution is -2.49. The van der Waals surface area contributed by atoms with Gasteiger partial charge in [0.1, 0.15) is 12.4 Å². The van der Waals surface area contributed by atoms with E-state index in [1.165, 1.54) is 27.7 Å². The fourth-order valence-corrected chi connectivity index (χ4v) is 5.08. The van der Waals surface area contributed by atoms with E-state index >= 15 is 0 Å². The second kappa shape index (κ2) is 10.5. The number of hydrogen-bond acceptors (Lipinski definition) is 2. The zero-order chi connectivity index (χ0) is 24.2. The lowest BCUT2D eigenvalue weighted by Gasteiger charge is -2.37. The van der Waals surface area contributed by atoms with Crippen LogP contribution in [-0.2, 0) is 0 Å². The summed E-state index contributed by atoms with van der Waals surface area (Å²) in [6.07, 6.45) is 0.920. The van der Waals surface area contributed by atoms with Crippen LogP contribution < -0.4 is 4.74 Å². The zero-order valence-corrected chi connectivity index (χ0v) is 20.6. The van der Waals surface area contributed by atoms with Crippen molar-refractivity contribution < 1.29 is 9.13 Å². The number of H-pyrrole nitrogens is 1. The molecule has 0 atom stereocenters. The van der Waals surface area contributed by atoms with Gasteiger partial charge in [0.15, 0.2) is 0 Å². The molecule has 5 rings (SSSR count). The monoisotopic (exact) mass is 468 g/mol. The SMILES string of the molecule is CC/C(=C(/c1ccc(OCCN2CC(CF)C2)cc1)c1cc2ccccc2[nH]1)c1ccccc1C. The average Bonchev–Trinajstić information content (AvgIpc) is 3.29. The van der Waals surface area contributed by atoms with E-state index in [9.17, 15) is 4.39 Å². The summed E-state index contributed by atoms with van der Waals surface area (Å²) in [5.41, 5.74) is 8.54. The third-order valence-electron chi connectivity index (χ3n) is 7.00. The van der Waals surface area contributed by atoms with Gasteiger partial charge in [0, 0.05) is 47.7 Å². The third kappa shape index (κ3) is 5.03. The van der Waals surface area contributed by atoms with Crippen molar-refractivity contribution in [3.8, 4) is 5.75 Å². The highest BCUT2D eigenvalue weighted by Gasteiger charge is 2.25. The molecule has 0 amide bonds.